The van der Waals surface area contributed by atoms with Crippen molar-refractivity contribution in [3.63, 3.8) is 0 Å². The number of para-hydroxylation sites is 1. The highest BCUT2D eigenvalue weighted by molar-refractivity contribution is 7.89. The maximum atomic E-state index is 15.3. The van der Waals surface area contributed by atoms with Crippen molar-refractivity contribution in [2.24, 2.45) is 0 Å². The molecule has 1 N–H and O–H groups in total. The van der Waals surface area contributed by atoms with Gasteiger partial charge in [-0.15, -0.1) is 0 Å². The van der Waals surface area contributed by atoms with Gasteiger partial charge in [-0.1, -0.05) is 36.4 Å². The number of carbonyl (C=O) groups excluding carboxylic acids is 1. The number of sulfonamides is 1. The van der Waals surface area contributed by atoms with E-state index in [-0.39, 0.29) is 37.6 Å². The van der Waals surface area contributed by atoms with E-state index in [4.69, 9.17) is 4.74 Å². The Kier molecular flexibility index (Phi) is 5.28. The molecular formula is C20H22FN3O4S. The zero-order chi connectivity index (χ0) is 20.5. The number of nitrogens with one attached hydrogen (secondary N) is 1. The zero-order valence-electron chi connectivity index (χ0n) is 15.7. The highest BCUT2D eigenvalue weighted by Crippen LogP contribution is 2.40. The van der Waals surface area contributed by atoms with E-state index in [1.807, 2.05) is 6.07 Å². The Morgan fingerprint density at radius 2 is 1.72 bits per heavy atom. The SMILES string of the molecule is O=C(Nc1ccccc1)N1CCC2(OCCN2S(=O)(=O)c2ccccc2)C(F)C1. The molecule has 2 aliphatic rings. The van der Waals surface area contributed by atoms with Gasteiger partial charge in [0.25, 0.3) is 0 Å². The normalized spacial score (nSPS) is 25.3. The average molecular weight is 419 g/mol. The Balaban J connectivity index is 1.51. The molecule has 9 heteroatoms. The third-order valence-corrected chi connectivity index (χ3v) is 7.26. The van der Waals surface area contributed by atoms with Gasteiger partial charge in [0.2, 0.25) is 10.0 Å². The van der Waals surface area contributed by atoms with Crippen molar-refractivity contribution in [1.82, 2.24) is 9.21 Å². The number of rotatable bonds is 3. The summed E-state index contributed by atoms with van der Waals surface area (Å²) in [5, 5.41) is 2.73. The molecule has 0 aromatic heterocycles. The molecule has 29 heavy (non-hydrogen) atoms. The molecular weight excluding hydrogens is 397 g/mol. The fourth-order valence-electron chi connectivity index (χ4n) is 3.84. The molecule has 2 aromatic rings. The lowest BCUT2D eigenvalue weighted by Gasteiger charge is -2.44. The van der Waals surface area contributed by atoms with Crippen molar-refractivity contribution in [3.05, 3.63) is 60.7 Å². The van der Waals surface area contributed by atoms with Gasteiger partial charge in [0.1, 0.15) is 0 Å². The quantitative estimate of drug-likeness (QED) is 0.830. The highest BCUT2D eigenvalue weighted by atomic mass is 32.2. The second-order valence-corrected chi connectivity index (χ2v) is 8.91. The number of amides is 2. The van der Waals surface area contributed by atoms with Crippen LogP contribution in [0.5, 0.6) is 0 Å². The highest BCUT2D eigenvalue weighted by Gasteiger charge is 2.57. The van der Waals surface area contributed by atoms with Gasteiger partial charge in [-0.3, -0.25) is 0 Å². The van der Waals surface area contributed by atoms with E-state index in [1.54, 1.807) is 42.5 Å². The number of nitrogens with zero attached hydrogens (tertiary/aromatic N) is 2. The maximum absolute atomic E-state index is 15.3. The summed E-state index contributed by atoms with van der Waals surface area (Å²) in [6.45, 7) is 0.121. The summed E-state index contributed by atoms with van der Waals surface area (Å²) in [4.78, 5) is 13.9. The van der Waals surface area contributed by atoms with Crippen LogP contribution < -0.4 is 5.32 Å². The molecule has 2 aromatic carbocycles. The number of carbonyl (C=O) groups is 1. The smallest absolute Gasteiger partial charge is 0.321 e. The predicted octanol–water partition coefficient (Wildman–Crippen LogP) is 2.68. The van der Waals surface area contributed by atoms with Gasteiger partial charge in [-0.2, -0.15) is 4.31 Å². The van der Waals surface area contributed by atoms with Gasteiger partial charge in [-0.05, 0) is 24.3 Å². The third kappa shape index (κ3) is 3.61. The van der Waals surface area contributed by atoms with Crippen molar-refractivity contribution in [1.29, 1.82) is 0 Å². The fraction of sp³-hybridized carbons (Fsp3) is 0.350. The largest absolute Gasteiger partial charge is 0.355 e. The van der Waals surface area contributed by atoms with E-state index in [2.05, 4.69) is 5.32 Å². The van der Waals surface area contributed by atoms with Crippen molar-refractivity contribution in [3.8, 4) is 0 Å². The van der Waals surface area contributed by atoms with Crippen molar-refractivity contribution < 1.29 is 22.3 Å². The first-order valence-electron chi connectivity index (χ1n) is 9.40. The molecule has 2 amide bonds. The Hall–Kier alpha value is -2.49. The van der Waals surface area contributed by atoms with Crippen LogP contribution in [-0.2, 0) is 14.8 Å². The number of piperidine rings is 1. The summed E-state index contributed by atoms with van der Waals surface area (Å²) in [7, 11) is -3.92. The number of hydrogen-bond donors (Lipinski definition) is 1. The summed E-state index contributed by atoms with van der Waals surface area (Å²) >= 11 is 0. The molecule has 2 saturated heterocycles. The van der Waals surface area contributed by atoms with E-state index < -0.39 is 28.0 Å². The number of urea groups is 1. The van der Waals surface area contributed by atoms with Crippen LogP contribution in [0.25, 0.3) is 0 Å². The first kappa shape index (κ1) is 19.8. The Labute approximate surface area is 169 Å². The number of anilines is 1. The predicted molar refractivity (Wildman–Crippen MR) is 106 cm³/mol. The Morgan fingerprint density at radius 3 is 2.38 bits per heavy atom. The summed E-state index contributed by atoms with van der Waals surface area (Å²) in [5.74, 6) is 0. The van der Waals surface area contributed by atoms with Gasteiger partial charge in [0.05, 0.1) is 18.0 Å². The lowest BCUT2D eigenvalue weighted by Crippen LogP contribution is -2.63. The van der Waals surface area contributed by atoms with Gasteiger partial charge in [-0.25, -0.2) is 17.6 Å². The number of likely N-dealkylation sites (tertiary alicyclic amines) is 1. The third-order valence-electron chi connectivity index (χ3n) is 5.32. The summed E-state index contributed by atoms with van der Waals surface area (Å²) in [5.41, 5.74) is -0.975. The average Bonchev–Trinajstić information content (AvgIpc) is 3.17. The summed E-state index contributed by atoms with van der Waals surface area (Å²) in [6.07, 6.45) is -1.61. The summed E-state index contributed by atoms with van der Waals surface area (Å²) in [6, 6.07) is 16.4. The lowest BCUT2D eigenvalue weighted by atomic mass is 9.99. The van der Waals surface area contributed by atoms with E-state index in [0.29, 0.717) is 5.69 Å². The lowest BCUT2D eigenvalue weighted by molar-refractivity contribution is -0.134. The zero-order valence-corrected chi connectivity index (χ0v) is 16.5. The second-order valence-electron chi connectivity index (χ2n) is 7.04. The van der Waals surface area contributed by atoms with Crippen LogP contribution in [0.3, 0.4) is 0 Å². The van der Waals surface area contributed by atoms with Crippen LogP contribution in [0.2, 0.25) is 0 Å². The maximum Gasteiger partial charge on any atom is 0.321 e. The molecule has 0 aliphatic carbocycles. The number of benzene rings is 2. The number of ether oxygens (including phenoxy) is 1. The van der Waals surface area contributed by atoms with Crippen LogP contribution >= 0.6 is 0 Å². The molecule has 2 fully saturated rings. The minimum atomic E-state index is -3.92. The van der Waals surface area contributed by atoms with Crippen molar-refractivity contribution in [2.45, 2.75) is 23.2 Å². The Morgan fingerprint density at radius 1 is 1.07 bits per heavy atom. The van der Waals surface area contributed by atoms with Gasteiger partial charge >= 0.3 is 6.03 Å². The van der Waals surface area contributed by atoms with Crippen LogP contribution in [0.15, 0.2) is 65.6 Å². The minimum absolute atomic E-state index is 0.0580. The standard InChI is InChI=1S/C20H22FN3O4S/c21-18-15-23(19(25)22-16-7-3-1-4-8-16)12-11-20(18)24(13-14-28-20)29(26,27)17-9-5-2-6-10-17/h1-10,18H,11-15H2,(H,22,25). The van der Waals surface area contributed by atoms with Crippen LogP contribution in [0, 0.1) is 0 Å². The summed E-state index contributed by atoms with van der Waals surface area (Å²) < 4.78 is 48.3. The number of alkyl halides is 1. The van der Waals surface area contributed by atoms with Crippen LogP contribution in [-0.4, -0.2) is 61.8 Å². The topological polar surface area (TPSA) is 79.0 Å². The molecule has 7 nitrogen and oxygen atoms in total. The monoisotopic (exact) mass is 419 g/mol. The first-order chi connectivity index (χ1) is 13.9. The molecule has 2 heterocycles. The molecule has 2 unspecified atom stereocenters. The molecule has 0 bridgehead atoms. The van der Waals surface area contributed by atoms with E-state index >= 15 is 4.39 Å². The van der Waals surface area contributed by atoms with Gasteiger partial charge < -0.3 is 15.0 Å². The molecule has 154 valence electrons. The van der Waals surface area contributed by atoms with Crippen molar-refractivity contribution >= 4 is 21.7 Å². The molecule has 2 atom stereocenters. The van der Waals surface area contributed by atoms with Crippen molar-refractivity contribution in [2.75, 3.05) is 31.6 Å². The molecule has 1 spiro atoms. The van der Waals surface area contributed by atoms with Gasteiger partial charge in [0.15, 0.2) is 11.9 Å². The van der Waals surface area contributed by atoms with Crippen LogP contribution in [0.1, 0.15) is 6.42 Å². The number of hydrogen-bond acceptors (Lipinski definition) is 4. The molecule has 4 rings (SSSR count). The van der Waals surface area contributed by atoms with E-state index in [0.717, 1.165) is 4.31 Å². The number of halogens is 1. The Bertz CT molecular complexity index is 974. The molecule has 2 aliphatic heterocycles. The first-order valence-corrected chi connectivity index (χ1v) is 10.8. The second kappa shape index (κ2) is 7.74. The molecule has 0 saturated carbocycles. The van der Waals surface area contributed by atoms with E-state index in [9.17, 15) is 13.2 Å². The minimum Gasteiger partial charge on any atom is -0.355 e. The molecule has 0 radical (unpaired) electrons. The van der Waals surface area contributed by atoms with Crippen LogP contribution in [0.4, 0.5) is 14.9 Å². The fourth-order valence-corrected chi connectivity index (χ4v) is 5.58. The van der Waals surface area contributed by atoms with Gasteiger partial charge in [0, 0.05) is 25.2 Å². The van der Waals surface area contributed by atoms with E-state index in [1.165, 1.54) is 17.0 Å².